The number of benzene rings is 1. The zero-order valence-electron chi connectivity index (χ0n) is 12.5. The molecule has 1 heterocycles. The van der Waals surface area contributed by atoms with Gasteiger partial charge in [-0.15, -0.1) is 0 Å². The molecule has 1 heteroatoms. The summed E-state index contributed by atoms with van der Waals surface area (Å²) in [5.74, 6) is 0. The summed E-state index contributed by atoms with van der Waals surface area (Å²) in [6.07, 6.45) is 3.03. The first kappa shape index (κ1) is 12.4. The normalized spacial score (nSPS) is 17.1. The van der Waals surface area contributed by atoms with Crippen LogP contribution in [0.15, 0.2) is 30.0 Å². The molecule has 1 aliphatic rings. The molecule has 0 spiro atoms. The predicted octanol–water partition coefficient (Wildman–Crippen LogP) is 5.02. The Morgan fingerprint density at radius 1 is 1.16 bits per heavy atom. The second kappa shape index (κ2) is 3.93. The minimum Gasteiger partial charge on any atom is -0.256 e. The van der Waals surface area contributed by atoms with E-state index >= 15 is 0 Å². The quantitative estimate of drug-likeness (QED) is 0.693. The van der Waals surface area contributed by atoms with Crippen molar-refractivity contribution in [1.82, 2.24) is 4.98 Å². The molecule has 0 bridgehead atoms. The number of hydrogen-bond donors (Lipinski definition) is 0. The van der Waals surface area contributed by atoms with Gasteiger partial charge in [0.2, 0.25) is 0 Å². The van der Waals surface area contributed by atoms with E-state index in [9.17, 15) is 0 Å². The van der Waals surface area contributed by atoms with E-state index in [-0.39, 0.29) is 5.41 Å². The third kappa shape index (κ3) is 1.57. The highest BCUT2D eigenvalue weighted by Gasteiger charge is 2.33. The minimum atomic E-state index is 0.110. The number of aromatic nitrogens is 1. The monoisotopic (exact) mass is 251 g/mol. The second-order valence-corrected chi connectivity index (χ2v) is 6.15. The van der Waals surface area contributed by atoms with Gasteiger partial charge in [-0.1, -0.05) is 44.0 Å². The molecule has 0 radical (unpaired) electrons. The van der Waals surface area contributed by atoms with Crippen molar-refractivity contribution in [2.75, 3.05) is 0 Å². The fourth-order valence-electron chi connectivity index (χ4n) is 3.73. The van der Waals surface area contributed by atoms with Crippen LogP contribution in [-0.2, 0) is 5.41 Å². The Morgan fingerprint density at radius 2 is 1.89 bits per heavy atom. The van der Waals surface area contributed by atoms with Gasteiger partial charge in [-0.2, -0.15) is 0 Å². The summed E-state index contributed by atoms with van der Waals surface area (Å²) in [4.78, 5) is 4.65. The summed E-state index contributed by atoms with van der Waals surface area (Å²) in [6.45, 7) is 11.4. The first-order valence-electron chi connectivity index (χ1n) is 7.07. The van der Waals surface area contributed by atoms with E-state index in [1.807, 2.05) is 6.20 Å². The molecular formula is C18H21N. The number of aryl methyl sites for hydroxylation is 1. The van der Waals surface area contributed by atoms with Crippen molar-refractivity contribution in [3.63, 3.8) is 0 Å². The summed E-state index contributed by atoms with van der Waals surface area (Å²) in [5.41, 5.74) is 6.96. The molecule has 1 aliphatic carbocycles. The van der Waals surface area contributed by atoms with Gasteiger partial charge in [-0.25, -0.2) is 0 Å². The molecule has 2 aromatic rings. The standard InChI is InChI=1S/C18H21N/c1-6-14-12(3)17-16-13(7-8-19-17)9-11(2)10-15(16)18(14,4)5/h7-10H,6H2,1-5H3. The molecular weight excluding hydrogens is 230 g/mol. The highest BCUT2D eigenvalue weighted by Crippen LogP contribution is 2.46. The fraction of sp³-hybridized carbons (Fsp3) is 0.389. The molecule has 0 aliphatic heterocycles. The molecule has 98 valence electrons. The molecule has 0 saturated carbocycles. The van der Waals surface area contributed by atoms with E-state index in [2.05, 4.69) is 57.8 Å². The lowest BCUT2D eigenvalue weighted by Crippen LogP contribution is -2.25. The van der Waals surface area contributed by atoms with Gasteiger partial charge in [0.05, 0.1) is 5.69 Å². The van der Waals surface area contributed by atoms with E-state index in [0.29, 0.717) is 0 Å². The van der Waals surface area contributed by atoms with Crippen molar-refractivity contribution < 1.29 is 0 Å². The van der Waals surface area contributed by atoms with Crippen molar-refractivity contribution >= 4 is 16.3 Å². The molecule has 0 unspecified atom stereocenters. The van der Waals surface area contributed by atoms with Gasteiger partial charge in [-0.05, 0) is 42.9 Å². The maximum absolute atomic E-state index is 4.65. The number of rotatable bonds is 1. The van der Waals surface area contributed by atoms with Gasteiger partial charge in [0.1, 0.15) is 0 Å². The van der Waals surface area contributed by atoms with Crippen molar-refractivity contribution in [1.29, 1.82) is 0 Å². The average Bonchev–Trinajstić information content (AvgIpc) is 2.35. The van der Waals surface area contributed by atoms with Crippen LogP contribution in [0.2, 0.25) is 0 Å². The largest absolute Gasteiger partial charge is 0.256 e. The number of allylic oxidation sites excluding steroid dienone is 2. The topological polar surface area (TPSA) is 12.9 Å². The van der Waals surface area contributed by atoms with E-state index in [1.54, 1.807) is 0 Å². The zero-order valence-corrected chi connectivity index (χ0v) is 12.5. The number of pyridine rings is 1. The molecule has 0 N–H and O–H groups in total. The number of hydrogen-bond acceptors (Lipinski definition) is 1. The molecule has 1 nitrogen and oxygen atoms in total. The predicted molar refractivity (Wildman–Crippen MR) is 82.4 cm³/mol. The van der Waals surface area contributed by atoms with Crippen LogP contribution in [0.25, 0.3) is 16.3 Å². The third-order valence-electron chi connectivity index (χ3n) is 4.60. The molecule has 1 aromatic heterocycles. The van der Waals surface area contributed by atoms with Crippen LogP contribution in [0.3, 0.4) is 0 Å². The molecule has 19 heavy (non-hydrogen) atoms. The van der Waals surface area contributed by atoms with E-state index in [1.165, 1.54) is 38.7 Å². The lowest BCUT2D eigenvalue weighted by atomic mass is 9.68. The van der Waals surface area contributed by atoms with Crippen LogP contribution in [0.4, 0.5) is 0 Å². The molecule has 0 atom stereocenters. The smallest absolute Gasteiger partial charge is 0.0740 e. The molecule has 3 rings (SSSR count). The summed E-state index contributed by atoms with van der Waals surface area (Å²) in [7, 11) is 0. The summed E-state index contributed by atoms with van der Waals surface area (Å²) in [5, 5.41) is 2.68. The average molecular weight is 251 g/mol. The van der Waals surface area contributed by atoms with Crippen molar-refractivity contribution in [3.05, 3.63) is 46.8 Å². The summed E-state index contributed by atoms with van der Waals surface area (Å²) in [6, 6.07) is 6.75. The van der Waals surface area contributed by atoms with Gasteiger partial charge in [-0.3, -0.25) is 4.98 Å². The van der Waals surface area contributed by atoms with Crippen LogP contribution < -0.4 is 0 Å². The van der Waals surface area contributed by atoms with E-state index in [4.69, 9.17) is 0 Å². The van der Waals surface area contributed by atoms with Crippen molar-refractivity contribution in [3.8, 4) is 0 Å². The lowest BCUT2D eigenvalue weighted by molar-refractivity contribution is 0.603. The van der Waals surface area contributed by atoms with E-state index in [0.717, 1.165) is 6.42 Å². The van der Waals surface area contributed by atoms with Crippen LogP contribution in [0, 0.1) is 6.92 Å². The van der Waals surface area contributed by atoms with Crippen LogP contribution >= 0.6 is 0 Å². The first-order chi connectivity index (χ1) is 8.96. The Morgan fingerprint density at radius 3 is 2.58 bits per heavy atom. The Hall–Kier alpha value is -1.63. The third-order valence-corrected chi connectivity index (χ3v) is 4.60. The highest BCUT2D eigenvalue weighted by molar-refractivity contribution is 5.99. The minimum absolute atomic E-state index is 0.110. The van der Waals surface area contributed by atoms with Gasteiger partial charge in [0, 0.05) is 17.0 Å². The summed E-state index contributed by atoms with van der Waals surface area (Å²) < 4.78 is 0. The van der Waals surface area contributed by atoms with Gasteiger partial charge >= 0.3 is 0 Å². The maximum atomic E-state index is 4.65. The maximum Gasteiger partial charge on any atom is 0.0740 e. The van der Waals surface area contributed by atoms with Crippen LogP contribution in [0.5, 0.6) is 0 Å². The van der Waals surface area contributed by atoms with E-state index < -0.39 is 0 Å². The lowest BCUT2D eigenvalue weighted by Gasteiger charge is -2.36. The Bertz CT molecular complexity index is 705. The van der Waals surface area contributed by atoms with Gasteiger partial charge < -0.3 is 0 Å². The molecule has 0 fully saturated rings. The molecule has 1 aromatic carbocycles. The van der Waals surface area contributed by atoms with Gasteiger partial charge in [0.25, 0.3) is 0 Å². The molecule has 0 amide bonds. The zero-order chi connectivity index (χ0) is 13.8. The number of nitrogens with zero attached hydrogens (tertiary/aromatic N) is 1. The SMILES string of the molecule is CCC1=C(C)c2nccc3cc(C)cc(c23)C1(C)C. The fourth-order valence-corrected chi connectivity index (χ4v) is 3.73. The van der Waals surface area contributed by atoms with Gasteiger partial charge in [0.15, 0.2) is 0 Å². The Kier molecular flexibility index (Phi) is 2.57. The Balaban J connectivity index is 2.53. The van der Waals surface area contributed by atoms with Crippen LogP contribution in [-0.4, -0.2) is 4.98 Å². The van der Waals surface area contributed by atoms with Crippen molar-refractivity contribution in [2.45, 2.75) is 46.5 Å². The van der Waals surface area contributed by atoms with Crippen molar-refractivity contribution in [2.24, 2.45) is 0 Å². The second-order valence-electron chi connectivity index (χ2n) is 6.15. The van der Waals surface area contributed by atoms with Crippen LogP contribution in [0.1, 0.15) is 50.9 Å². The highest BCUT2D eigenvalue weighted by atomic mass is 14.7. The Labute approximate surface area is 115 Å². The first-order valence-corrected chi connectivity index (χ1v) is 7.07. The summed E-state index contributed by atoms with van der Waals surface area (Å²) >= 11 is 0. The molecule has 0 saturated heterocycles.